The van der Waals surface area contributed by atoms with Crippen LogP contribution in [0.15, 0.2) is 16.6 Å². The number of benzene rings is 1. The summed E-state index contributed by atoms with van der Waals surface area (Å²) in [6.45, 7) is 9.07. The summed E-state index contributed by atoms with van der Waals surface area (Å²) in [5.74, 6) is 0.608. The van der Waals surface area contributed by atoms with E-state index in [2.05, 4.69) is 42.0 Å². The lowest BCUT2D eigenvalue weighted by molar-refractivity contribution is 0.214. The summed E-state index contributed by atoms with van der Waals surface area (Å²) in [6, 6.07) is 3.94. The molecule has 0 aromatic heterocycles. The summed E-state index contributed by atoms with van der Waals surface area (Å²) in [5, 5.41) is 3.57. The molecule has 1 N–H and O–H groups in total. The number of aryl methyl sites for hydroxylation is 1. The number of hydrogen-bond donors (Lipinski definition) is 1. The summed E-state index contributed by atoms with van der Waals surface area (Å²) in [6.07, 6.45) is 6.20. The normalized spacial score (nSPS) is 23.7. The van der Waals surface area contributed by atoms with Crippen molar-refractivity contribution in [3.05, 3.63) is 28.0 Å². The summed E-state index contributed by atoms with van der Waals surface area (Å²) in [5.41, 5.74) is 2.43. The van der Waals surface area contributed by atoms with Gasteiger partial charge in [-0.1, -0.05) is 27.2 Å². The van der Waals surface area contributed by atoms with E-state index in [0.29, 0.717) is 15.9 Å². The van der Waals surface area contributed by atoms with E-state index < -0.39 is 0 Å². The number of halogens is 2. The van der Waals surface area contributed by atoms with E-state index in [9.17, 15) is 4.39 Å². The van der Waals surface area contributed by atoms with Gasteiger partial charge in [0.2, 0.25) is 0 Å². The molecular weight excluding hydrogens is 329 g/mol. The standard InChI is InChI=1S/C18H27BrFN/c1-12-10-15(19)16(20)11-17(12)21-14-7-5-6-13(8-9-14)18(2,3)4/h10-11,13-14,21H,5-9H2,1-4H3. The van der Waals surface area contributed by atoms with Crippen LogP contribution in [0.3, 0.4) is 0 Å². The van der Waals surface area contributed by atoms with Gasteiger partial charge in [-0.05, 0) is 77.6 Å². The fraction of sp³-hybridized carbons (Fsp3) is 0.667. The second-order valence-electron chi connectivity index (χ2n) is 7.49. The van der Waals surface area contributed by atoms with Crippen LogP contribution in [0.5, 0.6) is 0 Å². The Morgan fingerprint density at radius 1 is 1.14 bits per heavy atom. The maximum atomic E-state index is 13.7. The Labute approximate surface area is 136 Å². The minimum absolute atomic E-state index is 0.190. The van der Waals surface area contributed by atoms with Crippen molar-refractivity contribution in [2.75, 3.05) is 5.32 Å². The smallest absolute Gasteiger partial charge is 0.139 e. The average Bonchev–Trinajstić information content (AvgIpc) is 2.61. The highest BCUT2D eigenvalue weighted by atomic mass is 79.9. The molecule has 2 atom stereocenters. The molecular formula is C18H27BrFN. The lowest BCUT2D eigenvalue weighted by Crippen LogP contribution is -2.22. The zero-order valence-electron chi connectivity index (χ0n) is 13.6. The highest BCUT2D eigenvalue weighted by Gasteiger charge is 2.27. The van der Waals surface area contributed by atoms with Gasteiger partial charge < -0.3 is 5.32 Å². The molecule has 21 heavy (non-hydrogen) atoms. The molecule has 1 saturated carbocycles. The van der Waals surface area contributed by atoms with Gasteiger partial charge in [-0.2, -0.15) is 0 Å². The van der Waals surface area contributed by atoms with Gasteiger partial charge in [0.1, 0.15) is 5.82 Å². The van der Waals surface area contributed by atoms with Crippen LogP contribution >= 0.6 is 15.9 Å². The molecule has 0 saturated heterocycles. The van der Waals surface area contributed by atoms with E-state index in [4.69, 9.17) is 0 Å². The molecule has 1 aromatic rings. The van der Waals surface area contributed by atoms with E-state index in [1.165, 1.54) is 32.1 Å². The van der Waals surface area contributed by atoms with E-state index in [-0.39, 0.29) is 5.82 Å². The summed E-state index contributed by atoms with van der Waals surface area (Å²) < 4.78 is 14.3. The molecule has 0 aliphatic heterocycles. The molecule has 0 bridgehead atoms. The van der Waals surface area contributed by atoms with E-state index in [1.54, 1.807) is 6.07 Å². The van der Waals surface area contributed by atoms with Gasteiger partial charge in [-0.15, -0.1) is 0 Å². The van der Waals surface area contributed by atoms with Crippen LogP contribution in [-0.4, -0.2) is 6.04 Å². The second kappa shape index (κ2) is 6.68. The minimum atomic E-state index is -0.190. The quantitative estimate of drug-likeness (QED) is 0.613. The third-order valence-corrected chi connectivity index (χ3v) is 5.43. The van der Waals surface area contributed by atoms with Gasteiger partial charge >= 0.3 is 0 Å². The van der Waals surface area contributed by atoms with Gasteiger partial charge in [0, 0.05) is 11.7 Å². The number of hydrogen-bond acceptors (Lipinski definition) is 1. The zero-order valence-corrected chi connectivity index (χ0v) is 15.2. The fourth-order valence-electron chi connectivity index (χ4n) is 3.33. The molecule has 1 aliphatic rings. The van der Waals surface area contributed by atoms with Gasteiger partial charge in [0.15, 0.2) is 0 Å². The highest BCUT2D eigenvalue weighted by molar-refractivity contribution is 9.10. The summed E-state index contributed by atoms with van der Waals surface area (Å²) in [7, 11) is 0. The van der Waals surface area contributed by atoms with Gasteiger partial charge in [-0.3, -0.25) is 0 Å². The molecule has 0 radical (unpaired) electrons. The molecule has 1 aromatic carbocycles. The van der Waals surface area contributed by atoms with Crippen LogP contribution in [0, 0.1) is 24.1 Å². The maximum Gasteiger partial charge on any atom is 0.139 e. The predicted octanol–water partition coefficient (Wildman–Crippen LogP) is 6.30. The van der Waals surface area contributed by atoms with Crippen LogP contribution in [0.4, 0.5) is 10.1 Å². The van der Waals surface area contributed by atoms with Crippen molar-refractivity contribution in [3.8, 4) is 0 Å². The summed E-state index contributed by atoms with van der Waals surface area (Å²) >= 11 is 3.24. The molecule has 0 heterocycles. The van der Waals surface area contributed by atoms with Crippen molar-refractivity contribution in [2.45, 2.75) is 65.8 Å². The lowest BCUT2D eigenvalue weighted by atomic mass is 9.76. The fourth-order valence-corrected chi connectivity index (χ4v) is 3.79. The van der Waals surface area contributed by atoms with Crippen LogP contribution in [0.25, 0.3) is 0 Å². The van der Waals surface area contributed by atoms with Crippen LogP contribution in [0.2, 0.25) is 0 Å². The van der Waals surface area contributed by atoms with Crippen LogP contribution < -0.4 is 5.32 Å². The topological polar surface area (TPSA) is 12.0 Å². The Bertz CT molecular complexity index is 493. The van der Waals surface area contributed by atoms with Crippen molar-refractivity contribution < 1.29 is 4.39 Å². The number of nitrogens with one attached hydrogen (secondary N) is 1. The largest absolute Gasteiger partial charge is 0.382 e. The molecule has 2 unspecified atom stereocenters. The zero-order chi connectivity index (χ0) is 15.6. The van der Waals surface area contributed by atoms with E-state index in [1.807, 2.05) is 13.0 Å². The molecule has 1 aliphatic carbocycles. The molecule has 0 spiro atoms. The Balaban J connectivity index is 2.03. The highest BCUT2D eigenvalue weighted by Crippen LogP contribution is 2.37. The average molecular weight is 356 g/mol. The molecule has 0 amide bonds. The van der Waals surface area contributed by atoms with E-state index >= 15 is 0 Å². The van der Waals surface area contributed by atoms with Crippen LogP contribution in [-0.2, 0) is 0 Å². The molecule has 118 valence electrons. The summed E-state index contributed by atoms with van der Waals surface area (Å²) in [4.78, 5) is 0. The third-order valence-electron chi connectivity index (χ3n) is 4.82. The first-order chi connectivity index (χ1) is 9.77. The van der Waals surface area contributed by atoms with Crippen molar-refractivity contribution in [1.29, 1.82) is 0 Å². The molecule has 2 rings (SSSR count). The number of rotatable bonds is 2. The third kappa shape index (κ3) is 4.45. The Hall–Kier alpha value is -0.570. The Morgan fingerprint density at radius 3 is 2.52 bits per heavy atom. The maximum absolute atomic E-state index is 13.7. The molecule has 1 nitrogen and oxygen atoms in total. The van der Waals surface area contributed by atoms with Crippen molar-refractivity contribution in [2.24, 2.45) is 11.3 Å². The minimum Gasteiger partial charge on any atom is -0.382 e. The molecule has 1 fully saturated rings. The Morgan fingerprint density at radius 2 is 1.86 bits per heavy atom. The monoisotopic (exact) mass is 355 g/mol. The first-order valence-electron chi connectivity index (χ1n) is 7.99. The second-order valence-corrected chi connectivity index (χ2v) is 8.35. The lowest BCUT2D eigenvalue weighted by Gasteiger charge is -2.29. The van der Waals surface area contributed by atoms with Gasteiger partial charge in [0.05, 0.1) is 4.47 Å². The predicted molar refractivity (Wildman–Crippen MR) is 92.3 cm³/mol. The first kappa shape index (κ1) is 16.8. The van der Waals surface area contributed by atoms with E-state index in [0.717, 1.165) is 17.2 Å². The SMILES string of the molecule is Cc1cc(Br)c(F)cc1NC1CCCC(C(C)(C)C)CC1. The van der Waals surface area contributed by atoms with Gasteiger partial charge in [-0.25, -0.2) is 4.39 Å². The van der Waals surface area contributed by atoms with Crippen LogP contribution in [0.1, 0.15) is 58.4 Å². The first-order valence-corrected chi connectivity index (χ1v) is 8.79. The Kier molecular flexibility index (Phi) is 5.34. The van der Waals surface area contributed by atoms with Crippen molar-refractivity contribution in [1.82, 2.24) is 0 Å². The van der Waals surface area contributed by atoms with Crippen molar-refractivity contribution >= 4 is 21.6 Å². The van der Waals surface area contributed by atoms with Gasteiger partial charge in [0.25, 0.3) is 0 Å². The molecule has 3 heteroatoms. The van der Waals surface area contributed by atoms with Crippen molar-refractivity contribution in [3.63, 3.8) is 0 Å². The number of anilines is 1.